The number of hydrogen-bond acceptors (Lipinski definition) is 2. The molecule has 1 aromatic heterocycles. The lowest BCUT2D eigenvalue weighted by molar-refractivity contribution is -0.140. The van der Waals surface area contributed by atoms with E-state index < -0.39 is 12.0 Å². The number of imidazole rings is 1. The fourth-order valence-corrected chi connectivity index (χ4v) is 3.12. The third-order valence-corrected chi connectivity index (χ3v) is 4.57. The molecule has 0 saturated heterocycles. The lowest BCUT2D eigenvalue weighted by atomic mass is 10.1. The van der Waals surface area contributed by atoms with E-state index >= 15 is 0 Å². The highest BCUT2D eigenvalue weighted by Gasteiger charge is 2.24. The van der Waals surface area contributed by atoms with Crippen molar-refractivity contribution < 1.29 is 9.90 Å². The second-order valence-electron chi connectivity index (χ2n) is 6.25. The number of carbonyl (C=O) groups is 1. The molecule has 1 heterocycles. The zero-order valence-corrected chi connectivity index (χ0v) is 14.3. The van der Waals surface area contributed by atoms with E-state index in [9.17, 15) is 9.90 Å². The Balaban J connectivity index is 2.21. The summed E-state index contributed by atoms with van der Waals surface area (Å²) >= 11 is 0. The third-order valence-electron chi connectivity index (χ3n) is 4.57. The lowest BCUT2D eigenvalue weighted by Crippen LogP contribution is -2.20. The van der Waals surface area contributed by atoms with Crippen LogP contribution in [0.5, 0.6) is 0 Å². The first-order valence-electron chi connectivity index (χ1n) is 8.26. The summed E-state index contributed by atoms with van der Waals surface area (Å²) in [5, 5.41) is 9.67. The molecule has 124 valence electrons. The smallest absolute Gasteiger partial charge is 0.326 e. The minimum absolute atomic E-state index is 0.523. The topological polar surface area (TPSA) is 55.1 Å². The van der Waals surface area contributed by atoms with Gasteiger partial charge in [0.2, 0.25) is 0 Å². The van der Waals surface area contributed by atoms with Crippen LogP contribution >= 0.6 is 0 Å². The van der Waals surface area contributed by atoms with E-state index in [1.807, 2.05) is 54.8 Å². The number of carboxylic acid groups (broad SMARTS) is 1. The van der Waals surface area contributed by atoms with Crippen molar-refractivity contribution in [3.05, 3.63) is 65.0 Å². The molecule has 3 aromatic rings. The van der Waals surface area contributed by atoms with Crippen LogP contribution in [0.15, 0.2) is 42.5 Å². The molecule has 0 bridgehead atoms. The molecule has 0 radical (unpaired) electrons. The van der Waals surface area contributed by atoms with Gasteiger partial charge < -0.3 is 9.67 Å². The molecule has 4 nitrogen and oxygen atoms in total. The van der Waals surface area contributed by atoms with E-state index in [0.29, 0.717) is 12.8 Å². The summed E-state index contributed by atoms with van der Waals surface area (Å²) in [5.41, 5.74) is 5.21. The number of benzene rings is 2. The Morgan fingerprint density at radius 1 is 1.17 bits per heavy atom. The largest absolute Gasteiger partial charge is 0.480 e. The van der Waals surface area contributed by atoms with Crippen LogP contribution in [0.4, 0.5) is 0 Å². The monoisotopic (exact) mass is 322 g/mol. The van der Waals surface area contributed by atoms with E-state index in [0.717, 1.165) is 28.0 Å². The number of fused-ring (bicyclic) bond motifs is 1. The first-order valence-corrected chi connectivity index (χ1v) is 8.26. The molecule has 1 atom stereocenters. The van der Waals surface area contributed by atoms with Crippen molar-refractivity contribution >= 4 is 17.0 Å². The fourth-order valence-electron chi connectivity index (χ4n) is 3.12. The second-order valence-corrected chi connectivity index (χ2v) is 6.25. The van der Waals surface area contributed by atoms with Gasteiger partial charge in [0.05, 0.1) is 11.0 Å². The van der Waals surface area contributed by atoms with Gasteiger partial charge in [0, 0.05) is 6.42 Å². The SMILES string of the molecule is CCC(C(=O)O)n1c(Cc2ccccc2)nc2cc(C)c(C)cc21. The van der Waals surface area contributed by atoms with Crippen LogP contribution in [0.25, 0.3) is 11.0 Å². The molecule has 3 rings (SSSR count). The number of aromatic nitrogens is 2. The van der Waals surface area contributed by atoms with Crippen molar-refractivity contribution in [1.82, 2.24) is 9.55 Å². The Morgan fingerprint density at radius 2 is 1.83 bits per heavy atom. The third kappa shape index (κ3) is 2.92. The molecule has 2 aromatic carbocycles. The Labute approximate surface area is 141 Å². The van der Waals surface area contributed by atoms with E-state index in [2.05, 4.69) is 13.0 Å². The Hall–Kier alpha value is -2.62. The molecule has 0 saturated carbocycles. The predicted octanol–water partition coefficient (Wildman–Crippen LogP) is 4.28. The van der Waals surface area contributed by atoms with Gasteiger partial charge in [0.15, 0.2) is 0 Å². The fraction of sp³-hybridized carbons (Fsp3) is 0.300. The Bertz CT molecular complexity index is 882. The van der Waals surface area contributed by atoms with Crippen molar-refractivity contribution in [2.24, 2.45) is 0 Å². The summed E-state index contributed by atoms with van der Waals surface area (Å²) in [7, 11) is 0. The molecule has 1 unspecified atom stereocenters. The van der Waals surface area contributed by atoms with Crippen LogP contribution in [-0.2, 0) is 11.2 Å². The van der Waals surface area contributed by atoms with Crippen molar-refractivity contribution in [1.29, 1.82) is 0 Å². The number of rotatable bonds is 5. The van der Waals surface area contributed by atoms with E-state index in [1.54, 1.807) is 0 Å². The molecular weight excluding hydrogens is 300 g/mol. The van der Waals surface area contributed by atoms with Crippen molar-refractivity contribution in [2.45, 2.75) is 39.7 Å². The molecule has 0 aliphatic heterocycles. The van der Waals surface area contributed by atoms with Gasteiger partial charge in [-0.15, -0.1) is 0 Å². The maximum Gasteiger partial charge on any atom is 0.326 e. The average Bonchev–Trinajstić information content (AvgIpc) is 2.87. The van der Waals surface area contributed by atoms with Crippen LogP contribution in [0.2, 0.25) is 0 Å². The van der Waals surface area contributed by atoms with Crippen LogP contribution in [-0.4, -0.2) is 20.6 Å². The van der Waals surface area contributed by atoms with Gasteiger partial charge in [-0.05, 0) is 49.1 Å². The summed E-state index contributed by atoms with van der Waals surface area (Å²) in [5.74, 6) is -0.0141. The van der Waals surface area contributed by atoms with E-state index in [1.165, 1.54) is 5.56 Å². The Kier molecular flexibility index (Phi) is 4.38. The molecule has 0 fully saturated rings. The molecule has 0 aliphatic carbocycles. The average molecular weight is 322 g/mol. The number of carboxylic acids is 1. The quantitative estimate of drug-likeness (QED) is 0.763. The number of aliphatic carboxylic acids is 1. The van der Waals surface area contributed by atoms with Gasteiger partial charge in [-0.2, -0.15) is 0 Å². The molecular formula is C20H22N2O2. The standard InChI is InChI=1S/C20H22N2O2/c1-4-17(20(23)24)22-18-11-14(3)13(2)10-16(18)21-19(22)12-15-8-6-5-7-9-15/h5-11,17H,4,12H2,1-3H3,(H,23,24). The summed E-state index contributed by atoms with van der Waals surface area (Å²) < 4.78 is 1.90. The van der Waals surface area contributed by atoms with E-state index in [-0.39, 0.29) is 0 Å². The molecule has 1 N–H and O–H groups in total. The molecule has 24 heavy (non-hydrogen) atoms. The highest BCUT2D eigenvalue weighted by Crippen LogP contribution is 2.27. The van der Waals surface area contributed by atoms with Gasteiger partial charge in [-0.25, -0.2) is 9.78 Å². The van der Waals surface area contributed by atoms with E-state index in [4.69, 9.17) is 4.98 Å². The minimum Gasteiger partial charge on any atom is -0.480 e. The summed E-state index contributed by atoms with van der Waals surface area (Å²) in [6, 6.07) is 13.5. The van der Waals surface area contributed by atoms with Gasteiger partial charge in [0.25, 0.3) is 0 Å². The van der Waals surface area contributed by atoms with Gasteiger partial charge >= 0.3 is 5.97 Å². The van der Waals surface area contributed by atoms with Crippen molar-refractivity contribution in [2.75, 3.05) is 0 Å². The number of aryl methyl sites for hydroxylation is 2. The molecule has 0 aliphatic rings. The lowest BCUT2D eigenvalue weighted by Gasteiger charge is -2.17. The summed E-state index contributed by atoms with van der Waals surface area (Å²) in [6.45, 7) is 6.00. The second kappa shape index (κ2) is 6.48. The van der Waals surface area contributed by atoms with Crippen LogP contribution in [0.1, 0.15) is 41.9 Å². The minimum atomic E-state index is -0.815. The zero-order valence-electron chi connectivity index (χ0n) is 14.3. The highest BCUT2D eigenvalue weighted by molar-refractivity contribution is 5.82. The van der Waals surface area contributed by atoms with Crippen molar-refractivity contribution in [3.63, 3.8) is 0 Å². The van der Waals surface area contributed by atoms with Crippen LogP contribution in [0.3, 0.4) is 0 Å². The van der Waals surface area contributed by atoms with Crippen LogP contribution in [0, 0.1) is 13.8 Å². The van der Waals surface area contributed by atoms with Crippen molar-refractivity contribution in [3.8, 4) is 0 Å². The molecule has 4 heteroatoms. The first kappa shape index (κ1) is 16.2. The maximum absolute atomic E-state index is 11.8. The van der Waals surface area contributed by atoms with Gasteiger partial charge in [-0.1, -0.05) is 37.3 Å². The highest BCUT2D eigenvalue weighted by atomic mass is 16.4. The predicted molar refractivity (Wildman–Crippen MR) is 95.4 cm³/mol. The zero-order chi connectivity index (χ0) is 17.3. The Morgan fingerprint density at radius 3 is 2.46 bits per heavy atom. The number of hydrogen-bond donors (Lipinski definition) is 1. The molecule has 0 spiro atoms. The summed E-state index contributed by atoms with van der Waals surface area (Å²) in [6.07, 6.45) is 1.15. The first-order chi connectivity index (χ1) is 11.5. The maximum atomic E-state index is 11.8. The van der Waals surface area contributed by atoms with Gasteiger partial charge in [0.1, 0.15) is 11.9 Å². The normalized spacial score (nSPS) is 12.5. The molecule has 0 amide bonds. The summed E-state index contributed by atoms with van der Waals surface area (Å²) in [4.78, 5) is 16.5. The van der Waals surface area contributed by atoms with Gasteiger partial charge in [-0.3, -0.25) is 0 Å². The number of nitrogens with zero attached hydrogens (tertiary/aromatic N) is 2. The van der Waals surface area contributed by atoms with Crippen LogP contribution < -0.4 is 0 Å².